The van der Waals surface area contributed by atoms with Gasteiger partial charge in [-0.25, -0.2) is 4.99 Å². The third kappa shape index (κ3) is 3.09. The van der Waals surface area contributed by atoms with Crippen molar-refractivity contribution in [2.45, 2.75) is 46.7 Å². The molecule has 0 radical (unpaired) electrons. The average molecular weight is 220 g/mol. The molecule has 1 atom stereocenters. The molecule has 90 valence electrons. The fourth-order valence-corrected chi connectivity index (χ4v) is 1.47. The third-order valence-corrected chi connectivity index (χ3v) is 2.15. The largest absolute Gasteiger partial charge is 0.343 e. The SMILES string of the molecule is C=CC1=CC2(C=C1)N=C(CC)N2.CC.CC. The van der Waals surface area contributed by atoms with Gasteiger partial charge < -0.3 is 5.32 Å². The molecule has 0 fully saturated rings. The Labute approximate surface area is 99.9 Å². The van der Waals surface area contributed by atoms with Crippen LogP contribution in [0.15, 0.2) is 41.4 Å². The van der Waals surface area contributed by atoms with Gasteiger partial charge in [0.15, 0.2) is 5.66 Å². The Hall–Kier alpha value is -1.31. The molecule has 1 unspecified atom stereocenters. The number of hydrogen-bond acceptors (Lipinski definition) is 2. The van der Waals surface area contributed by atoms with Gasteiger partial charge in [-0.15, -0.1) is 0 Å². The molecule has 0 saturated carbocycles. The van der Waals surface area contributed by atoms with Crippen LogP contribution in [0.3, 0.4) is 0 Å². The van der Waals surface area contributed by atoms with E-state index in [0.29, 0.717) is 0 Å². The highest BCUT2D eigenvalue weighted by Gasteiger charge is 2.34. The van der Waals surface area contributed by atoms with E-state index >= 15 is 0 Å². The Morgan fingerprint density at radius 3 is 2.31 bits per heavy atom. The molecule has 1 N–H and O–H groups in total. The maximum absolute atomic E-state index is 4.46. The van der Waals surface area contributed by atoms with E-state index in [0.717, 1.165) is 17.8 Å². The van der Waals surface area contributed by atoms with Crippen LogP contribution in [0, 0.1) is 0 Å². The normalized spacial score (nSPS) is 23.8. The predicted molar refractivity (Wildman–Crippen MR) is 73.7 cm³/mol. The number of aliphatic imine (C=N–C) groups is 1. The molecule has 2 heteroatoms. The van der Waals surface area contributed by atoms with Crippen LogP contribution in [-0.2, 0) is 0 Å². The van der Waals surface area contributed by atoms with Gasteiger partial charge in [0, 0.05) is 6.42 Å². The summed E-state index contributed by atoms with van der Waals surface area (Å²) in [5.41, 5.74) is 0.927. The fourth-order valence-electron chi connectivity index (χ4n) is 1.47. The first-order valence-corrected chi connectivity index (χ1v) is 6.19. The van der Waals surface area contributed by atoms with Gasteiger partial charge in [-0.2, -0.15) is 0 Å². The second-order valence-electron chi connectivity index (χ2n) is 3.04. The third-order valence-electron chi connectivity index (χ3n) is 2.15. The van der Waals surface area contributed by atoms with Crippen LogP contribution in [0.5, 0.6) is 0 Å². The van der Waals surface area contributed by atoms with Crippen LogP contribution >= 0.6 is 0 Å². The predicted octanol–water partition coefficient (Wildman–Crippen LogP) is 3.83. The summed E-state index contributed by atoms with van der Waals surface area (Å²) in [5.74, 6) is 1.08. The number of nitrogens with zero attached hydrogens (tertiary/aromatic N) is 1. The smallest absolute Gasteiger partial charge is 0.171 e. The first kappa shape index (κ1) is 14.7. The molecule has 1 spiro atoms. The highest BCUT2D eigenvalue weighted by Crippen LogP contribution is 2.28. The van der Waals surface area contributed by atoms with Crippen LogP contribution in [-0.4, -0.2) is 11.5 Å². The zero-order valence-electron chi connectivity index (χ0n) is 11.2. The highest BCUT2D eigenvalue weighted by molar-refractivity contribution is 5.89. The molecule has 16 heavy (non-hydrogen) atoms. The van der Waals surface area contributed by atoms with Crippen molar-refractivity contribution in [2.75, 3.05) is 0 Å². The molecule has 2 rings (SSSR count). The molecule has 2 aliphatic rings. The van der Waals surface area contributed by atoms with Crippen LogP contribution in [0.1, 0.15) is 41.0 Å². The zero-order chi connectivity index (χ0) is 12.6. The van der Waals surface area contributed by atoms with E-state index in [1.165, 1.54) is 0 Å². The quantitative estimate of drug-likeness (QED) is 0.751. The summed E-state index contributed by atoms with van der Waals surface area (Å²) in [6.45, 7) is 13.8. The van der Waals surface area contributed by atoms with Gasteiger partial charge in [-0.3, -0.25) is 0 Å². The van der Waals surface area contributed by atoms with Crippen molar-refractivity contribution in [1.29, 1.82) is 0 Å². The van der Waals surface area contributed by atoms with Crippen molar-refractivity contribution in [1.82, 2.24) is 5.32 Å². The fraction of sp³-hybridized carbons (Fsp3) is 0.500. The van der Waals surface area contributed by atoms with E-state index in [1.807, 2.05) is 39.8 Å². The minimum Gasteiger partial charge on any atom is -0.343 e. The second-order valence-corrected chi connectivity index (χ2v) is 3.04. The van der Waals surface area contributed by atoms with Crippen molar-refractivity contribution in [2.24, 2.45) is 4.99 Å². The minimum atomic E-state index is -0.213. The van der Waals surface area contributed by atoms with Gasteiger partial charge in [0.25, 0.3) is 0 Å². The van der Waals surface area contributed by atoms with E-state index in [4.69, 9.17) is 0 Å². The van der Waals surface area contributed by atoms with Crippen molar-refractivity contribution in [3.05, 3.63) is 36.5 Å². The molecule has 0 aromatic heterocycles. The standard InChI is InChI=1S/C10H12N2.2C2H6/c1-3-8-5-6-10(7-8)11-9(4-2)12-10;2*1-2/h3,5-7H,1,4H2,2H3,(H,11,12);2*1-2H3. The lowest BCUT2D eigenvalue weighted by atomic mass is 10.1. The van der Waals surface area contributed by atoms with E-state index in [-0.39, 0.29) is 5.66 Å². The molecule has 0 aromatic carbocycles. The Kier molecular flexibility index (Phi) is 6.47. The van der Waals surface area contributed by atoms with Crippen LogP contribution < -0.4 is 5.32 Å². The van der Waals surface area contributed by atoms with E-state index in [2.05, 4.69) is 36.0 Å². The van der Waals surface area contributed by atoms with E-state index in [9.17, 15) is 0 Å². The summed E-state index contributed by atoms with van der Waals surface area (Å²) in [6.07, 6.45) is 9.00. The second kappa shape index (κ2) is 7.04. The van der Waals surface area contributed by atoms with Crippen molar-refractivity contribution >= 4 is 5.84 Å². The van der Waals surface area contributed by atoms with Crippen molar-refractivity contribution in [3.8, 4) is 0 Å². The minimum absolute atomic E-state index is 0.213. The van der Waals surface area contributed by atoms with Crippen LogP contribution in [0.4, 0.5) is 0 Å². The lowest BCUT2D eigenvalue weighted by molar-refractivity contribution is 0.545. The summed E-state index contributed by atoms with van der Waals surface area (Å²) in [7, 11) is 0. The molecule has 1 aliphatic heterocycles. The molecule has 0 saturated heterocycles. The molecule has 0 amide bonds. The number of rotatable bonds is 2. The Bertz CT molecular complexity index is 311. The summed E-state index contributed by atoms with van der Waals surface area (Å²) in [5, 5.41) is 3.31. The van der Waals surface area contributed by atoms with Gasteiger partial charge in [0.05, 0.1) is 0 Å². The number of amidine groups is 1. The van der Waals surface area contributed by atoms with E-state index < -0.39 is 0 Å². The molecule has 0 bridgehead atoms. The zero-order valence-corrected chi connectivity index (χ0v) is 11.2. The summed E-state index contributed by atoms with van der Waals surface area (Å²) < 4.78 is 0. The summed E-state index contributed by atoms with van der Waals surface area (Å²) in [4.78, 5) is 4.46. The molecular formula is C14H24N2. The lowest BCUT2D eigenvalue weighted by Crippen LogP contribution is -2.52. The van der Waals surface area contributed by atoms with Gasteiger partial charge in [-0.05, 0) is 17.7 Å². The number of allylic oxidation sites excluding steroid dienone is 3. The molecular weight excluding hydrogens is 196 g/mol. The van der Waals surface area contributed by atoms with Crippen LogP contribution in [0.2, 0.25) is 0 Å². The van der Waals surface area contributed by atoms with Crippen molar-refractivity contribution in [3.63, 3.8) is 0 Å². The summed E-state index contributed by atoms with van der Waals surface area (Å²) >= 11 is 0. The number of hydrogen-bond donors (Lipinski definition) is 1. The van der Waals surface area contributed by atoms with Gasteiger partial charge in [0.2, 0.25) is 0 Å². The summed E-state index contributed by atoms with van der Waals surface area (Å²) in [6, 6.07) is 0. The maximum atomic E-state index is 4.46. The molecule has 0 aromatic rings. The Morgan fingerprint density at radius 1 is 1.38 bits per heavy atom. The van der Waals surface area contributed by atoms with Gasteiger partial charge in [-0.1, -0.05) is 53.3 Å². The highest BCUT2D eigenvalue weighted by atomic mass is 15.3. The Balaban J connectivity index is 0.000000509. The lowest BCUT2D eigenvalue weighted by Gasteiger charge is -2.34. The average Bonchev–Trinajstić information content (AvgIpc) is 2.76. The van der Waals surface area contributed by atoms with Gasteiger partial charge >= 0.3 is 0 Å². The first-order chi connectivity index (χ1) is 7.78. The van der Waals surface area contributed by atoms with E-state index in [1.54, 1.807) is 0 Å². The first-order valence-electron chi connectivity index (χ1n) is 6.19. The molecule has 1 heterocycles. The van der Waals surface area contributed by atoms with Crippen LogP contribution in [0.25, 0.3) is 0 Å². The number of nitrogens with one attached hydrogen (secondary N) is 1. The Morgan fingerprint density at radius 2 is 1.94 bits per heavy atom. The molecule has 2 nitrogen and oxygen atoms in total. The monoisotopic (exact) mass is 220 g/mol. The topological polar surface area (TPSA) is 24.4 Å². The molecule has 1 aliphatic carbocycles. The van der Waals surface area contributed by atoms with Crippen molar-refractivity contribution < 1.29 is 0 Å². The van der Waals surface area contributed by atoms with Gasteiger partial charge in [0.1, 0.15) is 5.84 Å². The maximum Gasteiger partial charge on any atom is 0.171 e.